The van der Waals surface area contributed by atoms with E-state index in [-0.39, 0.29) is 33.8 Å². The number of halogens is 3. The largest absolute Gasteiger partial charge is 0.381 e. The van der Waals surface area contributed by atoms with Gasteiger partial charge in [-0.15, -0.1) is 0 Å². The van der Waals surface area contributed by atoms with Crippen molar-refractivity contribution in [2.75, 3.05) is 5.73 Å². The van der Waals surface area contributed by atoms with Gasteiger partial charge in [0.2, 0.25) is 0 Å². The van der Waals surface area contributed by atoms with E-state index in [4.69, 9.17) is 5.73 Å². The molecule has 1 aromatic carbocycles. The maximum absolute atomic E-state index is 13.3. The van der Waals surface area contributed by atoms with Gasteiger partial charge in [0.25, 0.3) is 5.91 Å². The molecule has 8 nitrogen and oxygen atoms in total. The molecule has 2 aromatic heterocycles. The van der Waals surface area contributed by atoms with Gasteiger partial charge >= 0.3 is 0 Å². The van der Waals surface area contributed by atoms with Crippen molar-refractivity contribution in [3.8, 4) is 0 Å². The molecule has 3 heterocycles. The number of fused-ring (bicyclic) bond motifs is 1. The number of carbonyl (C=O) groups excluding carboxylic acids is 1. The smallest absolute Gasteiger partial charge is 0.254 e. The molecular weight excluding hydrogens is 435 g/mol. The lowest BCUT2D eigenvalue weighted by Gasteiger charge is -2.22. The molecule has 1 saturated carbocycles. The quantitative estimate of drug-likeness (QED) is 0.622. The Labute approximate surface area is 186 Å². The SMILES string of the molecule is Nc1nc(C2=c3cc(F)cc(F)c3=N2)ncc1F.O=C(NC1CCCCC1)c1cncnc1. The zero-order chi connectivity index (χ0) is 23.4. The van der Waals surface area contributed by atoms with Gasteiger partial charge in [0.05, 0.1) is 11.8 Å². The minimum Gasteiger partial charge on any atom is -0.381 e. The fourth-order valence-electron chi connectivity index (χ4n) is 3.58. The van der Waals surface area contributed by atoms with Gasteiger partial charge in [-0.25, -0.2) is 38.1 Å². The molecule has 0 atom stereocenters. The number of nitrogen functional groups attached to an aromatic ring is 1. The minimum absolute atomic E-state index is 0.0337. The van der Waals surface area contributed by atoms with Crippen LogP contribution >= 0.6 is 0 Å². The highest BCUT2D eigenvalue weighted by Crippen LogP contribution is 2.17. The molecule has 0 radical (unpaired) electrons. The Morgan fingerprint density at radius 1 is 1.00 bits per heavy atom. The first kappa shape index (κ1) is 22.3. The number of anilines is 1. The van der Waals surface area contributed by atoms with E-state index in [0.717, 1.165) is 31.2 Å². The highest BCUT2D eigenvalue weighted by molar-refractivity contribution is 5.93. The number of hydrogen-bond donors (Lipinski definition) is 2. The zero-order valence-corrected chi connectivity index (χ0v) is 17.4. The van der Waals surface area contributed by atoms with Crippen LogP contribution in [0.15, 0.2) is 42.0 Å². The van der Waals surface area contributed by atoms with Crippen molar-refractivity contribution in [2.45, 2.75) is 38.1 Å². The molecule has 1 aliphatic heterocycles. The number of nitrogens with two attached hydrogens (primary N) is 1. The summed E-state index contributed by atoms with van der Waals surface area (Å²) in [7, 11) is 0. The lowest BCUT2D eigenvalue weighted by Crippen LogP contribution is -2.39. The number of carbonyl (C=O) groups is 1. The highest BCUT2D eigenvalue weighted by atomic mass is 19.1. The van der Waals surface area contributed by atoms with Gasteiger partial charge in [-0.3, -0.25) is 4.79 Å². The molecule has 1 amide bonds. The molecule has 170 valence electrons. The molecule has 0 spiro atoms. The molecule has 2 aliphatic rings. The second kappa shape index (κ2) is 9.72. The first-order valence-corrected chi connectivity index (χ1v) is 10.3. The van der Waals surface area contributed by atoms with Crippen LogP contribution in [0.3, 0.4) is 0 Å². The molecule has 11 heteroatoms. The lowest BCUT2D eigenvalue weighted by molar-refractivity contribution is 0.0927. The monoisotopic (exact) mass is 455 g/mol. The van der Waals surface area contributed by atoms with Crippen LogP contribution in [-0.2, 0) is 0 Å². The predicted octanol–water partition coefficient (Wildman–Crippen LogP) is 1.80. The number of benzene rings is 1. The lowest BCUT2D eigenvalue weighted by atomic mass is 9.95. The molecule has 3 aromatic rings. The van der Waals surface area contributed by atoms with E-state index in [1.807, 2.05) is 0 Å². The number of nitrogens with one attached hydrogen (secondary N) is 1. The summed E-state index contributed by atoms with van der Waals surface area (Å²) < 4.78 is 39.2. The summed E-state index contributed by atoms with van der Waals surface area (Å²) in [6.45, 7) is 0. The predicted molar refractivity (Wildman–Crippen MR) is 112 cm³/mol. The number of nitrogens with zero attached hydrogens (tertiary/aromatic N) is 5. The van der Waals surface area contributed by atoms with E-state index in [2.05, 4.69) is 30.2 Å². The Bertz CT molecular complexity index is 1300. The van der Waals surface area contributed by atoms with E-state index in [1.54, 1.807) is 12.4 Å². The average Bonchev–Trinajstić information content (AvgIpc) is 2.80. The number of amides is 1. The summed E-state index contributed by atoms with van der Waals surface area (Å²) >= 11 is 0. The van der Waals surface area contributed by atoms with Crippen LogP contribution < -0.4 is 21.6 Å². The van der Waals surface area contributed by atoms with Crippen LogP contribution in [0.4, 0.5) is 19.0 Å². The summed E-state index contributed by atoms with van der Waals surface area (Å²) in [5.74, 6) is -2.61. The summed E-state index contributed by atoms with van der Waals surface area (Å²) in [6.07, 6.45) is 11.3. The summed E-state index contributed by atoms with van der Waals surface area (Å²) in [5, 5.41) is 3.30. The standard InChI is InChI=1S/C11H5F3N4.C11H15N3O/c12-4-1-5-8(6(13)2-4)17-9(5)11-16-3-7(14)10(15)18-11;15-11(9-6-12-8-13-7-9)14-10-4-2-1-3-5-10/h1-3H,(H2,15,16,18);6-8,10H,1-5H2,(H,14,15). The van der Waals surface area contributed by atoms with Crippen molar-refractivity contribution in [3.05, 3.63) is 76.5 Å². The van der Waals surface area contributed by atoms with Crippen LogP contribution in [0.25, 0.3) is 5.70 Å². The molecular formula is C22H20F3N7O. The van der Waals surface area contributed by atoms with Gasteiger partial charge < -0.3 is 11.1 Å². The van der Waals surface area contributed by atoms with Crippen LogP contribution in [0.1, 0.15) is 48.3 Å². The fourth-order valence-corrected chi connectivity index (χ4v) is 3.58. The third kappa shape index (κ3) is 5.13. The molecule has 5 rings (SSSR count). The Balaban J connectivity index is 0.000000160. The molecule has 3 N–H and O–H groups in total. The van der Waals surface area contributed by atoms with E-state index in [9.17, 15) is 18.0 Å². The topological polar surface area (TPSA) is 119 Å². The van der Waals surface area contributed by atoms with E-state index in [0.29, 0.717) is 11.6 Å². The van der Waals surface area contributed by atoms with Crippen molar-refractivity contribution in [3.63, 3.8) is 0 Å². The molecule has 0 unspecified atom stereocenters. The summed E-state index contributed by atoms with van der Waals surface area (Å²) in [6, 6.07) is 2.19. The van der Waals surface area contributed by atoms with Gasteiger partial charge in [-0.1, -0.05) is 19.3 Å². The number of hydrogen-bond acceptors (Lipinski definition) is 7. The first-order valence-electron chi connectivity index (χ1n) is 10.3. The fraction of sp³-hybridized carbons (Fsp3) is 0.273. The summed E-state index contributed by atoms with van der Waals surface area (Å²) in [5.41, 5.74) is 6.02. The van der Waals surface area contributed by atoms with Gasteiger partial charge in [-0.05, 0) is 18.9 Å². The maximum Gasteiger partial charge on any atom is 0.254 e. The second-order valence-corrected chi connectivity index (χ2v) is 7.61. The Morgan fingerprint density at radius 3 is 2.42 bits per heavy atom. The van der Waals surface area contributed by atoms with Gasteiger partial charge in [-0.2, -0.15) is 0 Å². The molecule has 0 saturated heterocycles. The van der Waals surface area contributed by atoms with Crippen LogP contribution in [0.2, 0.25) is 0 Å². The normalized spacial score (nSPS) is 14.8. The third-order valence-corrected chi connectivity index (χ3v) is 5.25. The number of rotatable bonds is 3. The van der Waals surface area contributed by atoms with E-state index in [1.165, 1.54) is 25.6 Å². The van der Waals surface area contributed by atoms with Crippen LogP contribution in [-0.4, -0.2) is 31.9 Å². The van der Waals surface area contributed by atoms with E-state index < -0.39 is 17.5 Å². The Kier molecular flexibility index (Phi) is 6.57. The molecule has 0 bridgehead atoms. The third-order valence-electron chi connectivity index (χ3n) is 5.25. The Hall–Kier alpha value is -3.89. The van der Waals surface area contributed by atoms with Crippen molar-refractivity contribution in [2.24, 2.45) is 4.99 Å². The van der Waals surface area contributed by atoms with Crippen LogP contribution in [0, 0.1) is 17.5 Å². The minimum atomic E-state index is -0.760. The average molecular weight is 455 g/mol. The summed E-state index contributed by atoms with van der Waals surface area (Å²) in [4.78, 5) is 30.6. The zero-order valence-electron chi connectivity index (χ0n) is 17.4. The van der Waals surface area contributed by atoms with Gasteiger partial charge in [0.1, 0.15) is 23.2 Å². The van der Waals surface area contributed by atoms with Crippen molar-refractivity contribution < 1.29 is 18.0 Å². The van der Waals surface area contributed by atoms with Crippen molar-refractivity contribution in [1.82, 2.24) is 25.3 Å². The van der Waals surface area contributed by atoms with Crippen molar-refractivity contribution in [1.29, 1.82) is 0 Å². The first-order chi connectivity index (χ1) is 15.9. The molecule has 33 heavy (non-hydrogen) atoms. The second-order valence-electron chi connectivity index (χ2n) is 7.61. The maximum atomic E-state index is 13.3. The molecule has 1 aliphatic carbocycles. The Morgan fingerprint density at radius 2 is 1.73 bits per heavy atom. The highest BCUT2D eigenvalue weighted by Gasteiger charge is 2.18. The van der Waals surface area contributed by atoms with Gasteiger partial charge in [0, 0.05) is 29.7 Å². The van der Waals surface area contributed by atoms with Crippen molar-refractivity contribution >= 4 is 17.4 Å². The number of aromatic nitrogens is 4. The molecule has 1 fully saturated rings. The van der Waals surface area contributed by atoms with E-state index >= 15 is 0 Å². The van der Waals surface area contributed by atoms with Gasteiger partial charge in [0.15, 0.2) is 23.3 Å². The van der Waals surface area contributed by atoms with Crippen LogP contribution in [0.5, 0.6) is 0 Å².